The Kier molecular flexibility index (Phi) is 7.56. The van der Waals surface area contributed by atoms with Gasteiger partial charge in [-0.1, -0.05) is 43.0 Å². The minimum absolute atomic E-state index is 0.0764. The van der Waals surface area contributed by atoms with Gasteiger partial charge in [-0.05, 0) is 48.0 Å². The fourth-order valence-electron chi connectivity index (χ4n) is 2.31. The Bertz CT molecular complexity index is 822. The van der Waals surface area contributed by atoms with Gasteiger partial charge < -0.3 is 15.6 Å². The van der Waals surface area contributed by atoms with Crippen LogP contribution in [0.2, 0.25) is 0 Å². The van der Waals surface area contributed by atoms with E-state index < -0.39 is 12.0 Å². The molecule has 0 aliphatic rings. The number of fused-ring (bicyclic) bond motifs is 1. The van der Waals surface area contributed by atoms with Gasteiger partial charge in [0.1, 0.15) is 6.04 Å². The highest BCUT2D eigenvalue weighted by molar-refractivity contribution is 8.13. The van der Waals surface area contributed by atoms with E-state index in [-0.39, 0.29) is 18.0 Å². The van der Waals surface area contributed by atoms with E-state index in [9.17, 15) is 9.59 Å². The van der Waals surface area contributed by atoms with E-state index in [1.54, 1.807) is 0 Å². The number of thioether (sulfide) groups is 1. The quantitative estimate of drug-likeness (QED) is 0.523. The molecule has 0 aromatic heterocycles. The van der Waals surface area contributed by atoms with Crippen LogP contribution in [-0.2, 0) is 14.3 Å². The van der Waals surface area contributed by atoms with Gasteiger partial charge in [0.25, 0.3) is 0 Å². The number of rotatable bonds is 8. The van der Waals surface area contributed by atoms with Crippen molar-refractivity contribution in [3.05, 3.63) is 42.0 Å². The molecule has 2 aromatic carbocycles. The third-order valence-electron chi connectivity index (χ3n) is 3.71. The Labute approximate surface area is 161 Å². The van der Waals surface area contributed by atoms with Crippen LogP contribution < -0.4 is 5.73 Å². The predicted octanol–water partition coefficient (Wildman–Crippen LogP) is 3.75. The van der Waals surface area contributed by atoms with Gasteiger partial charge in [-0.25, -0.2) is 0 Å². The molecule has 0 aliphatic carbocycles. The van der Waals surface area contributed by atoms with Crippen LogP contribution >= 0.6 is 24.0 Å². The van der Waals surface area contributed by atoms with Crippen LogP contribution in [0, 0.1) is 0 Å². The Morgan fingerprint density at radius 3 is 2.54 bits per heavy atom. The number of thiocarbonyl (C=S) groups is 1. The summed E-state index contributed by atoms with van der Waals surface area (Å²) >= 11 is 6.43. The molecule has 3 N–H and O–H groups in total. The minimum Gasteiger partial charge on any atom is -0.483 e. The van der Waals surface area contributed by atoms with E-state index in [1.807, 2.05) is 43.3 Å². The summed E-state index contributed by atoms with van der Waals surface area (Å²) in [5.41, 5.74) is 6.17. The summed E-state index contributed by atoms with van der Waals surface area (Å²) in [5, 5.41) is 11.0. The lowest BCUT2D eigenvalue weighted by Gasteiger charge is -2.13. The number of ether oxygens (including phenoxy) is 1. The molecular formula is C19H21NO4S2. The Balaban J connectivity index is 2.24. The highest BCUT2D eigenvalue weighted by Gasteiger charge is 2.17. The minimum atomic E-state index is -1.11. The molecule has 2 aromatic rings. The van der Waals surface area contributed by atoms with Gasteiger partial charge in [0.05, 0.1) is 6.61 Å². The second kappa shape index (κ2) is 9.66. The van der Waals surface area contributed by atoms with Crippen LogP contribution in [0.1, 0.15) is 31.7 Å². The zero-order chi connectivity index (χ0) is 19.1. The maximum Gasteiger partial charge on any atom is 0.320 e. The van der Waals surface area contributed by atoms with Crippen LogP contribution in [0.3, 0.4) is 0 Å². The van der Waals surface area contributed by atoms with Crippen LogP contribution in [0.5, 0.6) is 0 Å². The zero-order valence-electron chi connectivity index (χ0n) is 14.4. The van der Waals surface area contributed by atoms with E-state index >= 15 is 0 Å². The summed E-state index contributed by atoms with van der Waals surface area (Å²) in [5.74, 6) is -1.11. The molecular weight excluding hydrogens is 370 g/mol. The van der Waals surface area contributed by atoms with E-state index in [1.165, 1.54) is 0 Å². The summed E-state index contributed by atoms with van der Waals surface area (Å²) in [6.45, 7) is 2.51. The third-order valence-corrected chi connectivity index (χ3v) is 5.03. The van der Waals surface area contributed by atoms with Gasteiger partial charge in [-0.3, -0.25) is 9.59 Å². The molecule has 138 valence electrons. The van der Waals surface area contributed by atoms with E-state index in [0.717, 1.165) is 29.0 Å². The molecule has 0 amide bonds. The fraction of sp³-hybridized carbons (Fsp3) is 0.316. The molecule has 0 fully saturated rings. The number of hydrogen-bond acceptors (Lipinski definition) is 6. The molecule has 1 atom stereocenters. The lowest BCUT2D eigenvalue weighted by molar-refractivity contribution is -0.138. The number of carbonyl (C=O) groups excluding carboxylic acids is 1. The van der Waals surface area contributed by atoms with Crippen molar-refractivity contribution in [3.63, 3.8) is 0 Å². The first-order valence-electron chi connectivity index (χ1n) is 8.31. The van der Waals surface area contributed by atoms with Gasteiger partial charge in [0.2, 0.25) is 0 Å². The first-order chi connectivity index (χ1) is 12.4. The fourth-order valence-corrected chi connectivity index (χ4v) is 3.54. The summed E-state index contributed by atoms with van der Waals surface area (Å²) in [4.78, 5) is 23.8. The average Bonchev–Trinajstić information content (AvgIpc) is 2.63. The normalized spacial score (nSPS) is 11.9. The molecule has 0 saturated heterocycles. The maximum atomic E-state index is 12.3. The van der Waals surface area contributed by atoms with Crippen molar-refractivity contribution < 1.29 is 19.4 Å². The molecule has 0 spiro atoms. The Hall–Kier alpha value is -1.96. The van der Waals surface area contributed by atoms with Crippen LogP contribution in [0.4, 0.5) is 0 Å². The Morgan fingerprint density at radius 1 is 1.27 bits per heavy atom. The van der Waals surface area contributed by atoms with Crippen molar-refractivity contribution in [3.8, 4) is 0 Å². The van der Waals surface area contributed by atoms with Crippen molar-refractivity contribution in [2.45, 2.75) is 37.1 Å². The topological polar surface area (TPSA) is 89.6 Å². The molecule has 5 nitrogen and oxygen atoms in total. The maximum absolute atomic E-state index is 12.3. The van der Waals surface area contributed by atoms with Crippen molar-refractivity contribution in [1.82, 2.24) is 0 Å². The van der Waals surface area contributed by atoms with Crippen LogP contribution in [-0.4, -0.2) is 33.9 Å². The summed E-state index contributed by atoms with van der Waals surface area (Å²) < 4.78 is 5.59. The van der Waals surface area contributed by atoms with Crippen molar-refractivity contribution in [2.24, 2.45) is 5.73 Å². The first-order valence-corrected chi connectivity index (χ1v) is 9.53. The second-order valence-corrected chi connectivity index (χ2v) is 7.26. The molecule has 0 heterocycles. The number of carboxylic acids is 1. The van der Waals surface area contributed by atoms with Crippen molar-refractivity contribution >= 4 is 50.9 Å². The number of hydrogen-bond donors (Lipinski definition) is 2. The highest BCUT2D eigenvalue weighted by Crippen LogP contribution is 2.30. The number of carboxylic acid groups (broad SMARTS) is 1. The second-order valence-electron chi connectivity index (χ2n) is 5.79. The summed E-state index contributed by atoms with van der Waals surface area (Å²) in [6, 6.07) is 10.6. The molecule has 0 saturated carbocycles. The number of aliphatic carboxylic acids is 1. The molecule has 26 heavy (non-hydrogen) atoms. The van der Waals surface area contributed by atoms with Gasteiger partial charge in [0, 0.05) is 16.9 Å². The number of carbonyl (C=O) groups is 2. The lowest BCUT2D eigenvalue weighted by Crippen LogP contribution is -2.30. The SMILES string of the molecule is CCCOC(=S)c1cc2ccccc2cc1SC(=O)CC[C@H](N)C(=O)O. The zero-order valence-corrected chi connectivity index (χ0v) is 16.1. The predicted molar refractivity (Wildman–Crippen MR) is 108 cm³/mol. The van der Waals surface area contributed by atoms with E-state index in [2.05, 4.69) is 0 Å². The van der Waals surface area contributed by atoms with Gasteiger partial charge >= 0.3 is 5.97 Å². The third kappa shape index (κ3) is 5.52. The number of nitrogens with two attached hydrogens (primary N) is 1. The largest absolute Gasteiger partial charge is 0.483 e. The molecule has 0 aliphatic heterocycles. The van der Waals surface area contributed by atoms with E-state index in [0.29, 0.717) is 22.1 Å². The lowest BCUT2D eigenvalue weighted by atomic mass is 10.1. The van der Waals surface area contributed by atoms with Gasteiger partial charge in [-0.2, -0.15) is 0 Å². The average molecular weight is 392 g/mol. The smallest absolute Gasteiger partial charge is 0.320 e. The molecule has 7 heteroatoms. The molecule has 0 radical (unpaired) electrons. The summed E-state index contributed by atoms with van der Waals surface area (Å²) in [7, 11) is 0. The van der Waals surface area contributed by atoms with E-state index in [4.69, 9.17) is 27.8 Å². The van der Waals surface area contributed by atoms with Crippen LogP contribution in [0.15, 0.2) is 41.3 Å². The standard InChI is InChI=1S/C19H21NO4S2/c1-2-9-24-19(25)14-10-12-5-3-4-6-13(12)11-16(14)26-17(21)8-7-15(20)18(22)23/h3-6,10-11,15H,2,7-9,20H2,1H3,(H,22,23)/t15-/m0/s1. The van der Waals surface area contributed by atoms with Crippen molar-refractivity contribution in [1.29, 1.82) is 0 Å². The number of benzene rings is 2. The van der Waals surface area contributed by atoms with Crippen molar-refractivity contribution in [2.75, 3.05) is 6.61 Å². The first kappa shape index (κ1) is 20.4. The monoisotopic (exact) mass is 391 g/mol. The van der Waals surface area contributed by atoms with Gasteiger partial charge in [-0.15, -0.1) is 0 Å². The Morgan fingerprint density at radius 2 is 1.92 bits per heavy atom. The van der Waals surface area contributed by atoms with Gasteiger partial charge in [0.15, 0.2) is 10.2 Å². The molecule has 0 bridgehead atoms. The summed E-state index contributed by atoms with van der Waals surface area (Å²) in [6.07, 6.45) is 1.01. The van der Waals surface area contributed by atoms with Crippen LogP contribution in [0.25, 0.3) is 10.8 Å². The molecule has 0 unspecified atom stereocenters. The highest BCUT2D eigenvalue weighted by atomic mass is 32.2. The molecule has 2 rings (SSSR count).